The number of pyridine rings is 1. The fourth-order valence-corrected chi connectivity index (χ4v) is 5.26. The molecule has 6 rings (SSSR count). The Bertz CT molecular complexity index is 1830. The molecule has 218 valence electrons. The van der Waals surface area contributed by atoms with Gasteiger partial charge in [0.05, 0.1) is 11.6 Å². The van der Waals surface area contributed by atoms with Gasteiger partial charge in [-0.3, -0.25) is 4.98 Å². The smallest absolute Gasteiger partial charge is 0.343 e. The van der Waals surface area contributed by atoms with Crippen LogP contribution in [0, 0.1) is 0 Å². The molecule has 6 aromatic rings. The Labute approximate surface area is 256 Å². The van der Waals surface area contributed by atoms with Crippen molar-refractivity contribution >= 4 is 5.69 Å². The van der Waals surface area contributed by atoms with Gasteiger partial charge < -0.3 is 19.2 Å². The summed E-state index contributed by atoms with van der Waals surface area (Å²) in [6.45, 7) is 1.01. The SMILES string of the molecule is O=c1oc(-c2ccc(OCc3cccnc3)cc2)cc(O)c1CC(c1ccccc1)N(Cc1ccccc1)c1ccccc1. The molecule has 0 aliphatic carbocycles. The first-order chi connectivity index (χ1) is 21.6. The number of para-hydroxylation sites is 1. The van der Waals surface area contributed by atoms with Crippen molar-refractivity contribution in [2.75, 3.05) is 4.90 Å². The molecule has 2 aromatic heterocycles. The predicted octanol–water partition coefficient (Wildman–Crippen LogP) is 7.98. The lowest BCUT2D eigenvalue weighted by Crippen LogP contribution is -2.31. The Hall–Kier alpha value is -5.62. The average Bonchev–Trinajstić information content (AvgIpc) is 3.08. The maximum Gasteiger partial charge on any atom is 0.343 e. The summed E-state index contributed by atoms with van der Waals surface area (Å²) in [7, 11) is 0. The number of nitrogens with zero attached hydrogens (tertiary/aromatic N) is 2. The van der Waals surface area contributed by atoms with E-state index in [9.17, 15) is 9.90 Å². The minimum atomic E-state index is -0.564. The summed E-state index contributed by atoms with van der Waals surface area (Å²) >= 11 is 0. The molecule has 0 saturated heterocycles. The lowest BCUT2D eigenvalue weighted by atomic mass is 9.96. The lowest BCUT2D eigenvalue weighted by molar-refractivity contribution is 0.306. The Morgan fingerprint density at radius 2 is 1.43 bits per heavy atom. The van der Waals surface area contributed by atoms with Crippen LogP contribution in [0.15, 0.2) is 155 Å². The second kappa shape index (κ2) is 13.6. The molecular weight excluding hydrogens is 548 g/mol. The van der Waals surface area contributed by atoms with Crippen LogP contribution in [0.25, 0.3) is 11.3 Å². The van der Waals surface area contributed by atoms with Crippen molar-refractivity contribution in [1.29, 1.82) is 0 Å². The van der Waals surface area contributed by atoms with Crippen LogP contribution in [0.2, 0.25) is 0 Å². The Morgan fingerprint density at radius 1 is 0.773 bits per heavy atom. The van der Waals surface area contributed by atoms with Gasteiger partial charge in [-0.05, 0) is 53.6 Å². The van der Waals surface area contributed by atoms with Crippen molar-refractivity contribution < 1.29 is 14.3 Å². The molecule has 44 heavy (non-hydrogen) atoms. The molecule has 1 unspecified atom stereocenters. The van der Waals surface area contributed by atoms with E-state index in [1.54, 1.807) is 24.5 Å². The first kappa shape index (κ1) is 28.5. The van der Waals surface area contributed by atoms with Gasteiger partial charge >= 0.3 is 5.63 Å². The van der Waals surface area contributed by atoms with Gasteiger partial charge in [-0.2, -0.15) is 0 Å². The van der Waals surface area contributed by atoms with Gasteiger partial charge in [0.25, 0.3) is 0 Å². The van der Waals surface area contributed by atoms with E-state index < -0.39 is 5.63 Å². The number of rotatable bonds is 11. The zero-order valence-corrected chi connectivity index (χ0v) is 24.1. The monoisotopic (exact) mass is 580 g/mol. The van der Waals surface area contributed by atoms with E-state index >= 15 is 0 Å². The minimum Gasteiger partial charge on any atom is -0.507 e. The highest BCUT2D eigenvalue weighted by molar-refractivity contribution is 5.60. The first-order valence-electron chi connectivity index (χ1n) is 14.5. The maximum absolute atomic E-state index is 13.5. The van der Waals surface area contributed by atoms with E-state index in [0.29, 0.717) is 24.5 Å². The van der Waals surface area contributed by atoms with Gasteiger partial charge in [0.2, 0.25) is 0 Å². The van der Waals surface area contributed by atoms with Crippen molar-refractivity contribution in [1.82, 2.24) is 4.98 Å². The number of aromatic nitrogens is 1. The summed E-state index contributed by atoms with van der Waals surface area (Å²) in [6, 6.07) is 42.7. The molecule has 0 bridgehead atoms. The molecule has 0 amide bonds. The van der Waals surface area contributed by atoms with Crippen LogP contribution >= 0.6 is 0 Å². The highest BCUT2D eigenvalue weighted by Crippen LogP contribution is 2.34. The molecule has 0 radical (unpaired) electrons. The molecule has 6 heteroatoms. The normalized spacial score (nSPS) is 11.5. The van der Waals surface area contributed by atoms with Crippen LogP contribution in [0.5, 0.6) is 11.5 Å². The summed E-state index contributed by atoms with van der Waals surface area (Å²) in [5.41, 5.74) is 4.46. The van der Waals surface area contributed by atoms with Crippen molar-refractivity contribution in [2.24, 2.45) is 0 Å². The third-order valence-corrected chi connectivity index (χ3v) is 7.53. The van der Waals surface area contributed by atoms with Crippen LogP contribution in [-0.2, 0) is 19.6 Å². The fourth-order valence-electron chi connectivity index (χ4n) is 5.26. The molecule has 2 heterocycles. The molecule has 0 aliphatic heterocycles. The summed E-state index contributed by atoms with van der Waals surface area (Å²) in [5, 5.41) is 11.2. The Balaban J connectivity index is 1.29. The predicted molar refractivity (Wildman–Crippen MR) is 173 cm³/mol. The van der Waals surface area contributed by atoms with Crippen molar-refractivity contribution in [3.8, 4) is 22.8 Å². The van der Waals surface area contributed by atoms with Gasteiger partial charge in [0, 0.05) is 48.2 Å². The van der Waals surface area contributed by atoms with E-state index in [-0.39, 0.29) is 29.5 Å². The minimum absolute atomic E-state index is 0.0955. The third kappa shape index (κ3) is 6.88. The van der Waals surface area contributed by atoms with Crippen LogP contribution < -0.4 is 15.3 Å². The zero-order chi connectivity index (χ0) is 30.1. The average molecular weight is 581 g/mol. The van der Waals surface area contributed by atoms with E-state index in [1.165, 1.54) is 6.07 Å². The van der Waals surface area contributed by atoms with Crippen LogP contribution in [-0.4, -0.2) is 10.1 Å². The summed E-state index contributed by atoms with van der Waals surface area (Å²) in [4.78, 5) is 19.8. The number of aromatic hydroxyl groups is 1. The molecule has 0 fully saturated rings. The largest absolute Gasteiger partial charge is 0.507 e. The van der Waals surface area contributed by atoms with Crippen LogP contribution in [0.4, 0.5) is 5.69 Å². The van der Waals surface area contributed by atoms with Gasteiger partial charge in [-0.15, -0.1) is 0 Å². The topological polar surface area (TPSA) is 75.8 Å². The number of benzene rings is 4. The van der Waals surface area contributed by atoms with Gasteiger partial charge in [0.15, 0.2) is 0 Å². The second-order valence-electron chi connectivity index (χ2n) is 10.5. The van der Waals surface area contributed by atoms with E-state index in [4.69, 9.17) is 9.15 Å². The molecule has 1 atom stereocenters. The summed E-state index contributed by atoms with van der Waals surface area (Å²) in [6.07, 6.45) is 3.73. The molecule has 0 aliphatic rings. The summed E-state index contributed by atoms with van der Waals surface area (Å²) in [5.74, 6) is 0.864. The Morgan fingerprint density at radius 3 is 2.09 bits per heavy atom. The maximum atomic E-state index is 13.5. The zero-order valence-electron chi connectivity index (χ0n) is 24.1. The molecule has 1 N–H and O–H groups in total. The number of hydrogen-bond acceptors (Lipinski definition) is 6. The van der Waals surface area contributed by atoms with Crippen molar-refractivity contribution in [3.63, 3.8) is 0 Å². The number of anilines is 1. The van der Waals surface area contributed by atoms with E-state index in [0.717, 1.165) is 22.4 Å². The number of hydrogen-bond donors (Lipinski definition) is 1. The first-order valence-corrected chi connectivity index (χ1v) is 14.5. The van der Waals surface area contributed by atoms with Crippen LogP contribution in [0.3, 0.4) is 0 Å². The highest BCUT2D eigenvalue weighted by atomic mass is 16.5. The molecule has 0 spiro atoms. The number of ether oxygens (including phenoxy) is 1. The standard InChI is InChI=1S/C38H32N2O4/c41-36-24-37(31-18-20-33(21-19-31)43-27-29-13-10-22-39-25-29)44-38(42)34(36)23-35(30-14-6-2-7-15-30)40(32-16-8-3-9-17-32)26-28-11-4-1-5-12-28/h1-22,24-25,35,41H,23,26-27H2. The third-order valence-electron chi connectivity index (χ3n) is 7.53. The second-order valence-corrected chi connectivity index (χ2v) is 10.5. The molecule has 6 nitrogen and oxygen atoms in total. The Kier molecular flexibility index (Phi) is 8.79. The fraction of sp³-hybridized carbons (Fsp3) is 0.105. The quantitative estimate of drug-likeness (QED) is 0.167. The van der Waals surface area contributed by atoms with Gasteiger partial charge in [-0.25, -0.2) is 4.79 Å². The van der Waals surface area contributed by atoms with Gasteiger partial charge in [0.1, 0.15) is 23.9 Å². The van der Waals surface area contributed by atoms with Crippen LogP contribution in [0.1, 0.15) is 28.3 Å². The van der Waals surface area contributed by atoms with Crippen molar-refractivity contribution in [2.45, 2.75) is 25.6 Å². The van der Waals surface area contributed by atoms with E-state index in [2.05, 4.69) is 46.3 Å². The van der Waals surface area contributed by atoms with Gasteiger partial charge in [-0.1, -0.05) is 84.9 Å². The molecular formula is C38H32N2O4. The van der Waals surface area contributed by atoms with E-state index in [1.807, 2.05) is 78.9 Å². The molecule has 4 aromatic carbocycles. The van der Waals surface area contributed by atoms with Crippen molar-refractivity contribution in [3.05, 3.63) is 179 Å². The summed E-state index contributed by atoms with van der Waals surface area (Å²) < 4.78 is 11.7. The highest BCUT2D eigenvalue weighted by Gasteiger charge is 2.25. The lowest BCUT2D eigenvalue weighted by Gasteiger charge is -2.34. The molecule has 0 saturated carbocycles.